The number of anilines is 2. The second kappa shape index (κ2) is 6.76. The second-order valence-electron chi connectivity index (χ2n) is 5.37. The van der Waals surface area contributed by atoms with Crippen molar-refractivity contribution in [3.05, 3.63) is 48.0 Å². The molecule has 0 fully saturated rings. The van der Waals surface area contributed by atoms with Crippen molar-refractivity contribution in [3.8, 4) is 5.75 Å². The minimum absolute atomic E-state index is 0.211. The Labute approximate surface area is 144 Å². The zero-order chi connectivity index (χ0) is 17.1. The standard InChI is InChI=1S/C17H18N4O2S/c1-21(2)12-6-4-11(5-7-12)16(22)19-20-17-18-14-9-8-13(23-3)10-15(14)24-17/h4-10H,1-3H3,(H,18,20)(H,19,22). The van der Waals surface area contributed by atoms with Crippen molar-refractivity contribution in [2.24, 2.45) is 0 Å². The molecule has 2 aromatic carbocycles. The van der Waals surface area contributed by atoms with Crippen molar-refractivity contribution in [1.82, 2.24) is 10.4 Å². The third-order valence-electron chi connectivity index (χ3n) is 3.52. The highest BCUT2D eigenvalue weighted by Gasteiger charge is 2.08. The van der Waals surface area contributed by atoms with E-state index in [1.807, 2.05) is 49.3 Å². The van der Waals surface area contributed by atoms with E-state index < -0.39 is 0 Å². The zero-order valence-corrected chi connectivity index (χ0v) is 14.5. The lowest BCUT2D eigenvalue weighted by atomic mass is 10.2. The zero-order valence-electron chi connectivity index (χ0n) is 13.7. The summed E-state index contributed by atoms with van der Waals surface area (Å²) in [4.78, 5) is 18.6. The van der Waals surface area contributed by atoms with E-state index in [-0.39, 0.29) is 5.91 Å². The summed E-state index contributed by atoms with van der Waals surface area (Å²) in [7, 11) is 5.54. The lowest BCUT2D eigenvalue weighted by Crippen LogP contribution is -2.29. The molecule has 6 nitrogen and oxygen atoms in total. The number of fused-ring (bicyclic) bond motifs is 1. The first kappa shape index (κ1) is 16.1. The highest BCUT2D eigenvalue weighted by molar-refractivity contribution is 7.22. The second-order valence-corrected chi connectivity index (χ2v) is 6.40. The van der Waals surface area contributed by atoms with Crippen LogP contribution in [0.3, 0.4) is 0 Å². The van der Waals surface area contributed by atoms with Gasteiger partial charge in [0.1, 0.15) is 5.75 Å². The Morgan fingerprint density at radius 3 is 2.58 bits per heavy atom. The van der Waals surface area contributed by atoms with E-state index in [2.05, 4.69) is 15.8 Å². The monoisotopic (exact) mass is 342 g/mol. The van der Waals surface area contributed by atoms with Gasteiger partial charge in [0.15, 0.2) is 0 Å². The molecular formula is C17H18N4O2S. The molecule has 0 aliphatic heterocycles. The molecule has 3 aromatic rings. The number of hydrogen-bond donors (Lipinski definition) is 2. The van der Waals surface area contributed by atoms with Crippen LogP contribution >= 0.6 is 11.3 Å². The molecule has 3 rings (SSSR count). The highest BCUT2D eigenvalue weighted by Crippen LogP contribution is 2.28. The molecule has 1 heterocycles. The van der Waals surface area contributed by atoms with Crippen molar-refractivity contribution in [2.45, 2.75) is 0 Å². The van der Waals surface area contributed by atoms with E-state index in [1.165, 1.54) is 11.3 Å². The fourth-order valence-corrected chi connectivity index (χ4v) is 3.03. The van der Waals surface area contributed by atoms with Gasteiger partial charge in [0, 0.05) is 25.3 Å². The molecule has 7 heteroatoms. The Bertz CT molecular complexity index is 859. The predicted octanol–water partition coefficient (Wildman–Crippen LogP) is 3.13. The van der Waals surface area contributed by atoms with Crippen LogP contribution in [0.25, 0.3) is 10.2 Å². The van der Waals surface area contributed by atoms with E-state index in [1.54, 1.807) is 19.2 Å². The van der Waals surface area contributed by atoms with Gasteiger partial charge in [-0.25, -0.2) is 4.98 Å². The predicted molar refractivity (Wildman–Crippen MR) is 98.0 cm³/mol. The summed E-state index contributed by atoms with van der Waals surface area (Å²) < 4.78 is 6.19. The fourth-order valence-electron chi connectivity index (χ4n) is 2.18. The van der Waals surface area contributed by atoms with E-state index in [4.69, 9.17) is 4.74 Å². The van der Waals surface area contributed by atoms with Gasteiger partial charge in [-0.1, -0.05) is 11.3 Å². The fraction of sp³-hybridized carbons (Fsp3) is 0.176. The Morgan fingerprint density at radius 1 is 1.17 bits per heavy atom. The highest BCUT2D eigenvalue weighted by atomic mass is 32.1. The maximum Gasteiger partial charge on any atom is 0.269 e. The summed E-state index contributed by atoms with van der Waals surface area (Å²) in [6, 6.07) is 13.0. The topological polar surface area (TPSA) is 66.5 Å². The molecule has 1 amide bonds. The van der Waals surface area contributed by atoms with Crippen molar-refractivity contribution in [2.75, 3.05) is 31.5 Å². The number of nitrogens with zero attached hydrogens (tertiary/aromatic N) is 2. The Hall–Kier alpha value is -2.80. The Kier molecular flexibility index (Phi) is 4.52. The van der Waals surface area contributed by atoms with Gasteiger partial charge in [-0.05, 0) is 42.5 Å². The molecule has 0 atom stereocenters. The van der Waals surface area contributed by atoms with Gasteiger partial charge < -0.3 is 9.64 Å². The van der Waals surface area contributed by atoms with Gasteiger partial charge in [0.25, 0.3) is 5.91 Å². The number of ether oxygens (including phenoxy) is 1. The summed E-state index contributed by atoms with van der Waals surface area (Å²) in [6.45, 7) is 0. The normalized spacial score (nSPS) is 10.5. The van der Waals surface area contributed by atoms with Crippen LogP contribution in [-0.4, -0.2) is 32.1 Å². The molecule has 0 spiro atoms. The smallest absolute Gasteiger partial charge is 0.269 e. The number of nitrogens with one attached hydrogen (secondary N) is 2. The molecule has 0 radical (unpaired) electrons. The van der Waals surface area contributed by atoms with Crippen LogP contribution in [0.1, 0.15) is 10.4 Å². The molecule has 1 aromatic heterocycles. The van der Waals surface area contributed by atoms with Crippen LogP contribution in [0.4, 0.5) is 10.8 Å². The van der Waals surface area contributed by atoms with Crippen molar-refractivity contribution in [3.63, 3.8) is 0 Å². The number of benzene rings is 2. The number of thiazole rings is 1. The molecule has 0 aliphatic rings. The minimum Gasteiger partial charge on any atom is -0.497 e. The molecule has 2 N–H and O–H groups in total. The Morgan fingerprint density at radius 2 is 1.92 bits per heavy atom. The van der Waals surface area contributed by atoms with Crippen LogP contribution in [0, 0.1) is 0 Å². The average Bonchev–Trinajstić information content (AvgIpc) is 3.01. The van der Waals surface area contributed by atoms with Crippen LogP contribution in [-0.2, 0) is 0 Å². The summed E-state index contributed by atoms with van der Waals surface area (Å²) >= 11 is 1.45. The third-order valence-corrected chi connectivity index (χ3v) is 4.46. The first-order valence-corrected chi connectivity index (χ1v) is 8.17. The third kappa shape index (κ3) is 3.41. The minimum atomic E-state index is -0.211. The van der Waals surface area contributed by atoms with E-state index in [0.717, 1.165) is 21.7 Å². The van der Waals surface area contributed by atoms with Crippen LogP contribution < -0.4 is 20.5 Å². The summed E-state index contributed by atoms with van der Waals surface area (Å²) in [5.74, 6) is 0.569. The lowest BCUT2D eigenvalue weighted by Gasteiger charge is -2.12. The number of aromatic nitrogens is 1. The van der Waals surface area contributed by atoms with Crippen LogP contribution in [0.15, 0.2) is 42.5 Å². The average molecular weight is 342 g/mol. The van der Waals surface area contributed by atoms with Crippen LogP contribution in [0.5, 0.6) is 5.75 Å². The molecule has 0 bridgehead atoms. The quantitative estimate of drug-likeness (QED) is 0.698. The molecule has 124 valence electrons. The summed E-state index contributed by atoms with van der Waals surface area (Å²) in [5.41, 5.74) is 8.01. The molecule has 0 saturated carbocycles. The SMILES string of the molecule is COc1ccc2nc(NNC(=O)c3ccc(N(C)C)cc3)sc2c1. The summed E-state index contributed by atoms with van der Waals surface area (Å²) in [6.07, 6.45) is 0. The van der Waals surface area contributed by atoms with Gasteiger partial charge in [-0.3, -0.25) is 15.6 Å². The van der Waals surface area contributed by atoms with Gasteiger partial charge in [-0.15, -0.1) is 0 Å². The first-order chi connectivity index (χ1) is 11.6. The lowest BCUT2D eigenvalue weighted by molar-refractivity contribution is 0.0962. The number of carbonyl (C=O) groups excluding carboxylic acids is 1. The Balaban J connectivity index is 1.67. The number of rotatable bonds is 5. The molecule has 0 aliphatic carbocycles. The van der Waals surface area contributed by atoms with Gasteiger partial charge in [0.05, 0.1) is 17.3 Å². The molecule has 0 saturated heterocycles. The van der Waals surface area contributed by atoms with Crippen molar-refractivity contribution in [1.29, 1.82) is 0 Å². The van der Waals surface area contributed by atoms with Gasteiger partial charge in [-0.2, -0.15) is 0 Å². The number of hydrogen-bond acceptors (Lipinski definition) is 6. The van der Waals surface area contributed by atoms with Crippen molar-refractivity contribution < 1.29 is 9.53 Å². The molecular weight excluding hydrogens is 324 g/mol. The maximum absolute atomic E-state index is 12.2. The number of methoxy groups -OCH3 is 1. The summed E-state index contributed by atoms with van der Waals surface area (Å²) in [5, 5.41) is 0.622. The largest absolute Gasteiger partial charge is 0.497 e. The molecule has 0 unspecified atom stereocenters. The number of amides is 1. The van der Waals surface area contributed by atoms with E-state index in [9.17, 15) is 4.79 Å². The maximum atomic E-state index is 12.2. The van der Waals surface area contributed by atoms with Gasteiger partial charge in [0.2, 0.25) is 5.13 Å². The van der Waals surface area contributed by atoms with Gasteiger partial charge >= 0.3 is 0 Å². The number of carbonyl (C=O) groups is 1. The first-order valence-electron chi connectivity index (χ1n) is 7.35. The van der Waals surface area contributed by atoms with E-state index >= 15 is 0 Å². The van der Waals surface area contributed by atoms with Crippen molar-refractivity contribution >= 4 is 38.3 Å². The van der Waals surface area contributed by atoms with Crippen LogP contribution in [0.2, 0.25) is 0 Å². The van der Waals surface area contributed by atoms with E-state index in [0.29, 0.717) is 10.7 Å². The number of hydrazine groups is 1. The molecule has 24 heavy (non-hydrogen) atoms.